The van der Waals surface area contributed by atoms with Crippen molar-refractivity contribution in [3.8, 4) is 0 Å². The molecular weight excluding hydrogens is 392 g/mol. The number of rotatable bonds is 3. The second-order valence-electron chi connectivity index (χ2n) is 4.61. The summed E-state index contributed by atoms with van der Waals surface area (Å²) in [6, 6.07) is 7.61. The first-order valence-corrected chi connectivity index (χ1v) is 7.64. The van der Waals surface area contributed by atoms with Crippen LogP contribution >= 0.6 is 31.9 Å². The van der Waals surface area contributed by atoms with E-state index in [0.717, 1.165) is 10.0 Å². The van der Waals surface area contributed by atoms with Gasteiger partial charge in [0.05, 0.1) is 10.5 Å². The van der Waals surface area contributed by atoms with Crippen molar-refractivity contribution in [2.45, 2.75) is 19.9 Å². The van der Waals surface area contributed by atoms with Gasteiger partial charge in [-0.2, -0.15) is 0 Å². The minimum Gasteiger partial charge on any atom is -0.378 e. The zero-order valence-corrected chi connectivity index (χ0v) is 14.1. The van der Waals surface area contributed by atoms with E-state index >= 15 is 0 Å². The number of aryl methyl sites for hydroxylation is 1. The van der Waals surface area contributed by atoms with Gasteiger partial charge in [0.2, 0.25) is 0 Å². The van der Waals surface area contributed by atoms with Crippen LogP contribution in [0.4, 0.5) is 14.5 Å². The zero-order chi connectivity index (χ0) is 14.9. The van der Waals surface area contributed by atoms with E-state index in [1.54, 1.807) is 18.2 Å². The SMILES string of the molecule is Cc1cc(Br)c(F)cc1NC(C)c1cc(Br)ccc1F. The fourth-order valence-electron chi connectivity index (χ4n) is 1.96. The molecule has 1 unspecified atom stereocenters. The highest BCUT2D eigenvalue weighted by atomic mass is 79.9. The van der Waals surface area contributed by atoms with Crippen LogP contribution in [0.5, 0.6) is 0 Å². The van der Waals surface area contributed by atoms with Gasteiger partial charge in [0.25, 0.3) is 0 Å². The first-order chi connectivity index (χ1) is 9.38. The lowest BCUT2D eigenvalue weighted by molar-refractivity contribution is 0.599. The Bertz CT molecular complexity index is 644. The van der Waals surface area contributed by atoms with E-state index in [0.29, 0.717) is 15.7 Å². The van der Waals surface area contributed by atoms with Crippen LogP contribution in [0, 0.1) is 18.6 Å². The zero-order valence-electron chi connectivity index (χ0n) is 11.0. The number of halogens is 4. The van der Waals surface area contributed by atoms with Gasteiger partial charge in [0, 0.05) is 15.7 Å². The van der Waals surface area contributed by atoms with Crippen molar-refractivity contribution >= 4 is 37.5 Å². The molecule has 0 aliphatic heterocycles. The van der Waals surface area contributed by atoms with Gasteiger partial charge in [0.1, 0.15) is 11.6 Å². The summed E-state index contributed by atoms with van der Waals surface area (Å²) in [5, 5.41) is 3.14. The van der Waals surface area contributed by atoms with Crippen molar-refractivity contribution in [2.24, 2.45) is 0 Å². The molecule has 20 heavy (non-hydrogen) atoms. The number of anilines is 1. The Hall–Kier alpha value is -0.940. The molecule has 1 nitrogen and oxygen atoms in total. The van der Waals surface area contributed by atoms with E-state index in [9.17, 15) is 8.78 Å². The largest absolute Gasteiger partial charge is 0.378 e. The summed E-state index contributed by atoms with van der Waals surface area (Å²) in [7, 11) is 0. The normalized spacial score (nSPS) is 12.3. The summed E-state index contributed by atoms with van der Waals surface area (Å²) >= 11 is 6.47. The maximum atomic E-state index is 13.8. The van der Waals surface area contributed by atoms with E-state index in [1.165, 1.54) is 12.1 Å². The van der Waals surface area contributed by atoms with Gasteiger partial charge in [-0.15, -0.1) is 0 Å². The molecule has 5 heteroatoms. The highest BCUT2D eigenvalue weighted by Crippen LogP contribution is 2.29. The Morgan fingerprint density at radius 2 is 1.75 bits per heavy atom. The minimum atomic E-state index is -0.347. The average molecular weight is 405 g/mol. The number of hydrogen-bond donors (Lipinski definition) is 1. The van der Waals surface area contributed by atoms with Crippen LogP contribution < -0.4 is 5.32 Å². The predicted octanol–water partition coefficient (Wildman–Crippen LogP) is 5.97. The molecule has 1 N–H and O–H groups in total. The van der Waals surface area contributed by atoms with Gasteiger partial charge >= 0.3 is 0 Å². The lowest BCUT2D eigenvalue weighted by Gasteiger charge is -2.18. The van der Waals surface area contributed by atoms with Gasteiger partial charge < -0.3 is 5.32 Å². The lowest BCUT2D eigenvalue weighted by atomic mass is 10.1. The molecule has 1 atom stereocenters. The van der Waals surface area contributed by atoms with Crippen molar-refractivity contribution in [3.05, 3.63) is 62.0 Å². The molecule has 0 heterocycles. The van der Waals surface area contributed by atoms with Crippen LogP contribution in [-0.4, -0.2) is 0 Å². The fraction of sp³-hybridized carbons (Fsp3) is 0.200. The van der Waals surface area contributed by atoms with E-state index < -0.39 is 0 Å². The first kappa shape index (κ1) is 15.4. The van der Waals surface area contributed by atoms with E-state index in [2.05, 4.69) is 37.2 Å². The molecule has 0 aliphatic rings. The Kier molecular flexibility index (Phi) is 4.81. The van der Waals surface area contributed by atoms with Gasteiger partial charge in [-0.3, -0.25) is 0 Å². The summed E-state index contributed by atoms with van der Waals surface area (Å²) < 4.78 is 28.6. The smallest absolute Gasteiger partial charge is 0.139 e. The van der Waals surface area contributed by atoms with Crippen LogP contribution in [0.1, 0.15) is 24.1 Å². The van der Waals surface area contributed by atoms with Crippen LogP contribution in [0.25, 0.3) is 0 Å². The maximum Gasteiger partial charge on any atom is 0.139 e. The number of benzene rings is 2. The van der Waals surface area contributed by atoms with E-state index in [-0.39, 0.29) is 17.7 Å². The highest BCUT2D eigenvalue weighted by Gasteiger charge is 2.13. The fourth-order valence-corrected chi connectivity index (χ4v) is 2.80. The second kappa shape index (κ2) is 6.22. The molecule has 0 spiro atoms. The van der Waals surface area contributed by atoms with Crippen molar-refractivity contribution < 1.29 is 8.78 Å². The minimum absolute atomic E-state index is 0.272. The predicted molar refractivity (Wildman–Crippen MR) is 85.0 cm³/mol. The van der Waals surface area contributed by atoms with Gasteiger partial charge in [-0.25, -0.2) is 8.78 Å². The Balaban J connectivity index is 2.30. The van der Waals surface area contributed by atoms with Crippen LogP contribution in [0.2, 0.25) is 0 Å². The van der Waals surface area contributed by atoms with Crippen molar-refractivity contribution in [2.75, 3.05) is 5.32 Å². The molecule has 2 rings (SSSR count). The average Bonchev–Trinajstić information content (AvgIpc) is 2.38. The van der Waals surface area contributed by atoms with Crippen LogP contribution in [0.15, 0.2) is 39.3 Å². The molecule has 0 fully saturated rings. The molecule has 2 aromatic carbocycles. The monoisotopic (exact) mass is 403 g/mol. The molecule has 0 saturated heterocycles. The molecule has 0 aliphatic carbocycles. The maximum absolute atomic E-state index is 13.8. The molecule has 0 saturated carbocycles. The summed E-state index contributed by atoms with van der Waals surface area (Å²) in [5.41, 5.74) is 2.07. The van der Waals surface area contributed by atoms with Crippen molar-refractivity contribution in [1.82, 2.24) is 0 Å². The van der Waals surface area contributed by atoms with E-state index in [4.69, 9.17) is 0 Å². The highest BCUT2D eigenvalue weighted by molar-refractivity contribution is 9.10. The van der Waals surface area contributed by atoms with E-state index in [1.807, 2.05) is 13.8 Å². The molecule has 0 bridgehead atoms. The Morgan fingerprint density at radius 1 is 1.05 bits per heavy atom. The van der Waals surface area contributed by atoms with Gasteiger partial charge in [-0.05, 0) is 65.7 Å². The third kappa shape index (κ3) is 3.38. The van der Waals surface area contributed by atoms with Crippen LogP contribution in [-0.2, 0) is 0 Å². The van der Waals surface area contributed by atoms with Crippen molar-refractivity contribution in [3.63, 3.8) is 0 Å². The second-order valence-corrected chi connectivity index (χ2v) is 6.38. The molecular formula is C15H13Br2F2N. The third-order valence-electron chi connectivity index (χ3n) is 3.06. The number of nitrogens with one attached hydrogen (secondary N) is 1. The summed E-state index contributed by atoms with van der Waals surface area (Å²) in [6.07, 6.45) is 0. The summed E-state index contributed by atoms with van der Waals surface area (Å²) in [5.74, 6) is -0.636. The number of hydrogen-bond acceptors (Lipinski definition) is 1. The van der Waals surface area contributed by atoms with Crippen molar-refractivity contribution in [1.29, 1.82) is 0 Å². The van der Waals surface area contributed by atoms with Gasteiger partial charge in [0.15, 0.2) is 0 Å². The quantitative estimate of drug-likeness (QED) is 0.664. The standard InChI is InChI=1S/C15H13Br2F2N/c1-8-5-12(17)14(19)7-15(8)20-9(2)11-6-10(16)3-4-13(11)18/h3-7,9,20H,1-2H3. The topological polar surface area (TPSA) is 12.0 Å². The summed E-state index contributed by atoms with van der Waals surface area (Å²) in [4.78, 5) is 0. The molecule has 2 aromatic rings. The molecule has 106 valence electrons. The summed E-state index contributed by atoms with van der Waals surface area (Å²) in [6.45, 7) is 3.71. The first-order valence-electron chi connectivity index (χ1n) is 6.05. The molecule has 0 amide bonds. The van der Waals surface area contributed by atoms with Crippen LogP contribution in [0.3, 0.4) is 0 Å². The lowest BCUT2D eigenvalue weighted by Crippen LogP contribution is -2.10. The Labute approximate surface area is 133 Å². The molecule has 0 radical (unpaired) electrons. The Morgan fingerprint density at radius 3 is 2.45 bits per heavy atom. The van der Waals surface area contributed by atoms with Gasteiger partial charge in [-0.1, -0.05) is 15.9 Å². The molecule has 0 aromatic heterocycles. The third-order valence-corrected chi connectivity index (χ3v) is 4.16.